The molecule has 0 bridgehead atoms. The van der Waals surface area contributed by atoms with Gasteiger partial charge in [-0.2, -0.15) is 0 Å². The summed E-state index contributed by atoms with van der Waals surface area (Å²) in [5.74, 6) is 0.335. The zero-order chi connectivity index (χ0) is 19.5. The maximum atomic E-state index is 12.3. The van der Waals surface area contributed by atoms with Crippen LogP contribution in [0.2, 0.25) is 0 Å². The van der Waals surface area contributed by atoms with Gasteiger partial charge >= 0.3 is 0 Å². The SMILES string of the molecule is CCCCCNC(=O)c1ccnc(C(=O)NCCc2ccc(OC)cc2)c1. The molecule has 0 aliphatic heterocycles. The van der Waals surface area contributed by atoms with Gasteiger partial charge in [0.2, 0.25) is 0 Å². The second-order valence-electron chi connectivity index (χ2n) is 6.25. The first-order valence-corrected chi connectivity index (χ1v) is 9.29. The molecule has 2 amide bonds. The molecule has 0 saturated heterocycles. The summed E-state index contributed by atoms with van der Waals surface area (Å²) in [4.78, 5) is 28.5. The van der Waals surface area contributed by atoms with Gasteiger partial charge in [0.1, 0.15) is 11.4 Å². The summed E-state index contributed by atoms with van der Waals surface area (Å²) < 4.78 is 5.13. The first-order chi connectivity index (χ1) is 13.1. The van der Waals surface area contributed by atoms with E-state index in [9.17, 15) is 9.59 Å². The van der Waals surface area contributed by atoms with Crippen molar-refractivity contribution in [2.24, 2.45) is 0 Å². The van der Waals surface area contributed by atoms with Crippen LogP contribution >= 0.6 is 0 Å². The maximum Gasteiger partial charge on any atom is 0.269 e. The molecule has 0 atom stereocenters. The number of nitrogens with one attached hydrogen (secondary N) is 2. The molecule has 1 heterocycles. The molecule has 144 valence electrons. The number of carbonyl (C=O) groups is 2. The molecule has 1 aromatic carbocycles. The Labute approximate surface area is 160 Å². The normalized spacial score (nSPS) is 10.3. The van der Waals surface area contributed by atoms with Crippen molar-refractivity contribution < 1.29 is 14.3 Å². The number of nitrogens with zero attached hydrogens (tertiary/aromatic N) is 1. The molecule has 27 heavy (non-hydrogen) atoms. The number of ether oxygens (including phenoxy) is 1. The maximum absolute atomic E-state index is 12.3. The Bertz CT molecular complexity index is 745. The molecule has 2 N–H and O–H groups in total. The quantitative estimate of drug-likeness (QED) is 0.631. The average molecular weight is 369 g/mol. The van der Waals surface area contributed by atoms with Crippen molar-refractivity contribution in [2.45, 2.75) is 32.6 Å². The summed E-state index contributed by atoms with van der Waals surface area (Å²) in [6.07, 6.45) is 5.32. The first kappa shape index (κ1) is 20.4. The standard InChI is InChI=1S/C21H27N3O3/c1-3-4-5-12-23-20(25)17-11-14-22-19(15-17)21(26)24-13-10-16-6-8-18(27-2)9-7-16/h6-9,11,14-15H,3-5,10,12-13H2,1-2H3,(H,23,25)(H,24,26). The van der Waals surface area contributed by atoms with E-state index in [1.165, 1.54) is 12.3 Å². The molecular weight excluding hydrogens is 342 g/mol. The summed E-state index contributed by atoms with van der Waals surface area (Å²) in [5, 5.41) is 5.70. The molecule has 1 aromatic heterocycles. The number of hydrogen-bond acceptors (Lipinski definition) is 4. The van der Waals surface area contributed by atoms with Crippen molar-refractivity contribution in [1.82, 2.24) is 15.6 Å². The number of pyridine rings is 1. The molecule has 6 nitrogen and oxygen atoms in total. The average Bonchev–Trinajstić information content (AvgIpc) is 2.71. The molecule has 0 aliphatic rings. The van der Waals surface area contributed by atoms with E-state index in [2.05, 4.69) is 22.5 Å². The van der Waals surface area contributed by atoms with Crippen molar-refractivity contribution in [3.05, 3.63) is 59.4 Å². The van der Waals surface area contributed by atoms with Crippen LogP contribution in [-0.2, 0) is 6.42 Å². The van der Waals surface area contributed by atoms with Crippen LogP contribution in [0.25, 0.3) is 0 Å². The Balaban J connectivity index is 1.83. The Hall–Kier alpha value is -2.89. The fourth-order valence-electron chi connectivity index (χ4n) is 2.58. The molecular formula is C21H27N3O3. The molecule has 2 rings (SSSR count). The fourth-order valence-corrected chi connectivity index (χ4v) is 2.58. The van der Waals surface area contributed by atoms with Gasteiger partial charge in [0, 0.05) is 24.8 Å². The minimum atomic E-state index is -0.288. The van der Waals surface area contributed by atoms with Crippen LogP contribution in [0.3, 0.4) is 0 Å². The van der Waals surface area contributed by atoms with Crippen LogP contribution in [0, 0.1) is 0 Å². The zero-order valence-corrected chi connectivity index (χ0v) is 16.0. The first-order valence-electron chi connectivity index (χ1n) is 9.29. The summed E-state index contributed by atoms with van der Waals surface area (Å²) >= 11 is 0. The number of rotatable bonds is 10. The highest BCUT2D eigenvalue weighted by Gasteiger charge is 2.11. The number of unbranched alkanes of at least 4 members (excludes halogenated alkanes) is 2. The van der Waals surface area contributed by atoms with Gasteiger partial charge in [-0.1, -0.05) is 31.9 Å². The highest BCUT2D eigenvalue weighted by molar-refractivity contribution is 5.98. The van der Waals surface area contributed by atoms with Crippen molar-refractivity contribution in [3.63, 3.8) is 0 Å². The predicted molar refractivity (Wildman–Crippen MR) is 105 cm³/mol. The minimum absolute atomic E-state index is 0.180. The monoisotopic (exact) mass is 369 g/mol. The number of amides is 2. The second kappa shape index (κ2) is 11.0. The summed E-state index contributed by atoms with van der Waals surface area (Å²) in [5.41, 5.74) is 1.79. The molecule has 2 aromatic rings. The van der Waals surface area contributed by atoms with Crippen molar-refractivity contribution in [1.29, 1.82) is 0 Å². The largest absolute Gasteiger partial charge is 0.497 e. The van der Waals surface area contributed by atoms with E-state index in [0.717, 1.165) is 30.6 Å². The van der Waals surface area contributed by atoms with E-state index in [4.69, 9.17) is 4.74 Å². The third-order valence-corrected chi connectivity index (χ3v) is 4.18. The number of methoxy groups -OCH3 is 1. The van der Waals surface area contributed by atoms with Crippen molar-refractivity contribution in [2.75, 3.05) is 20.2 Å². The molecule has 0 unspecified atom stereocenters. The van der Waals surface area contributed by atoms with Gasteiger partial charge in [-0.3, -0.25) is 14.6 Å². The summed E-state index contributed by atoms with van der Waals surface area (Å²) in [6, 6.07) is 10.9. The minimum Gasteiger partial charge on any atom is -0.497 e. The van der Waals surface area contributed by atoms with Gasteiger partial charge in [-0.15, -0.1) is 0 Å². The molecule has 0 aliphatic carbocycles. The lowest BCUT2D eigenvalue weighted by molar-refractivity contribution is 0.0949. The highest BCUT2D eigenvalue weighted by atomic mass is 16.5. The van der Waals surface area contributed by atoms with Crippen LogP contribution in [0.5, 0.6) is 5.75 Å². The predicted octanol–water partition coefficient (Wildman–Crippen LogP) is 2.98. The van der Waals surface area contributed by atoms with Gasteiger partial charge in [-0.05, 0) is 42.7 Å². The van der Waals surface area contributed by atoms with Crippen LogP contribution in [0.1, 0.15) is 52.6 Å². The van der Waals surface area contributed by atoms with Crippen molar-refractivity contribution in [3.8, 4) is 5.75 Å². The van der Waals surface area contributed by atoms with E-state index in [0.29, 0.717) is 25.1 Å². The number of hydrogen-bond donors (Lipinski definition) is 2. The third kappa shape index (κ3) is 6.73. The lowest BCUT2D eigenvalue weighted by Crippen LogP contribution is -2.28. The zero-order valence-electron chi connectivity index (χ0n) is 16.0. The van der Waals surface area contributed by atoms with Gasteiger partial charge in [0.15, 0.2) is 0 Å². The van der Waals surface area contributed by atoms with Crippen LogP contribution in [0.15, 0.2) is 42.6 Å². The third-order valence-electron chi connectivity index (χ3n) is 4.18. The Morgan fingerprint density at radius 3 is 2.44 bits per heavy atom. The molecule has 6 heteroatoms. The van der Waals surface area contributed by atoms with Crippen LogP contribution in [-0.4, -0.2) is 37.0 Å². The summed E-state index contributed by atoms with van der Waals surface area (Å²) in [6.45, 7) is 3.24. The molecule has 0 radical (unpaired) electrons. The Morgan fingerprint density at radius 1 is 1.00 bits per heavy atom. The van der Waals surface area contributed by atoms with Gasteiger partial charge < -0.3 is 15.4 Å². The van der Waals surface area contributed by atoms with E-state index >= 15 is 0 Å². The molecule has 0 spiro atoms. The van der Waals surface area contributed by atoms with Gasteiger partial charge in [0.25, 0.3) is 11.8 Å². The number of benzene rings is 1. The smallest absolute Gasteiger partial charge is 0.269 e. The topological polar surface area (TPSA) is 80.3 Å². The molecule has 0 fully saturated rings. The molecule has 0 saturated carbocycles. The van der Waals surface area contributed by atoms with E-state index < -0.39 is 0 Å². The number of carbonyl (C=O) groups excluding carboxylic acids is 2. The Morgan fingerprint density at radius 2 is 1.74 bits per heavy atom. The van der Waals surface area contributed by atoms with Crippen molar-refractivity contribution >= 4 is 11.8 Å². The van der Waals surface area contributed by atoms with E-state index in [1.54, 1.807) is 13.2 Å². The number of aromatic nitrogens is 1. The lowest BCUT2D eigenvalue weighted by Gasteiger charge is -2.08. The summed E-state index contributed by atoms with van der Waals surface area (Å²) in [7, 11) is 1.63. The van der Waals surface area contributed by atoms with E-state index in [1.807, 2.05) is 24.3 Å². The van der Waals surface area contributed by atoms with Crippen LogP contribution < -0.4 is 15.4 Å². The second-order valence-corrected chi connectivity index (χ2v) is 6.25. The van der Waals surface area contributed by atoms with E-state index in [-0.39, 0.29) is 17.5 Å². The van der Waals surface area contributed by atoms with Gasteiger partial charge in [0.05, 0.1) is 7.11 Å². The Kier molecular flexibility index (Phi) is 8.29. The fraction of sp³-hybridized carbons (Fsp3) is 0.381. The van der Waals surface area contributed by atoms with Gasteiger partial charge in [-0.25, -0.2) is 0 Å². The van der Waals surface area contributed by atoms with Crippen LogP contribution in [0.4, 0.5) is 0 Å². The lowest BCUT2D eigenvalue weighted by atomic mass is 10.1. The highest BCUT2D eigenvalue weighted by Crippen LogP contribution is 2.11.